The van der Waals surface area contributed by atoms with Crippen LogP contribution in [0.25, 0.3) is 0 Å². The van der Waals surface area contributed by atoms with Crippen LogP contribution in [0.15, 0.2) is 21.7 Å². The average molecular weight is 287 g/mol. The number of methoxy groups -OCH3 is 1. The highest BCUT2D eigenvalue weighted by molar-refractivity contribution is 8.01. The van der Waals surface area contributed by atoms with Crippen LogP contribution in [0, 0.1) is 0 Å². The maximum Gasteiger partial charge on any atom is 0.325 e. The molecule has 0 aliphatic rings. The number of ether oxygens (including phenoxy) is 1. The lowest BCUT2D eigenvalue weighted by Gasteiger charge is -2.27. The Morgan fingerprint density at radius 2 is 2.39 bits per heavy atom. The monoisotopic (exact) mass is 287 g/mol. The number of rotatable bonds is 8. The third-order valence-corrected chi connectivity index (χ3v) is 4.98. The number of carbonyl (C=O) groups is 1. The molecule has 0 bridgehead atoms. The number of carbonyl (C=O) groups excluding carboxylic acids is 1. The van der Waals surface area contributed by atoms with Crippen LogP contribution in [0.1, 0.15) is 26.7 Å². The third kappa shape index (κ3) is 4.63. The predicted molar refractivity (Wildman–Crippen MR) is 78.4 cm³/mol. The minimum Gasteiger partial charge on any atom is -0.468 e. The van der Waals surface area contributed by atoms with E-state index in [9.17, 15) is 4.79 Å². The number of nitrogens with one attached hydrogen (secondary N) is 1. The van der Waals surface area contributed by atoms with Crippen molar-refractivity contribution in [2.45, 2.75) is 36.4 Å². The first-order valence-electron chi connectivity index (χ1n) is 6.12. The van der Waals surface area contributed by atoms with Gasteiger partial charge in [-0.3, -0.25) is 4.79 Å². The van der Waals surface area contributed by atoms with Crippen LogP contribution in [0.4, 0.5) is 0 Å². The van der Waals surface area contributed by atoms with E-state index >= 15 is 0 Å². The fraction of sp³-hybridized carbons (Fsp3) is 0.615. The lowest BCUT2D eigenvalue weighted by atomic mass is 9.96. The zero-order chi connectivity index (χ0) is 13.4. The summed E-state index contributed by atoms with van der Waals surface area (Å²) in [5.41, 5.74) is -0.556. The van der Waals surface area contributed by atoms with Gasteiger partial charge in [0.2, 0.25) is 0 Å². The molecule has 0 aliphatic carbocycles. The largest absolute Gasteiger partial charge is 0.468 e. The number of hydrogen-bond acceptors (Lipinski definition) is 5. The smallest absolute Gasteiger partial charge is 0.325 e. The number of likely N-dealkylation sites (N-methyl/N-ethyl adjacent to an activating group) is 1. The van der Waals surface area contributed by atoms with E-state index < -0.39 is 5.54 Å². The Labute approximate surface area is 117 Å². The Kier molecular flexibility index (Phi) is 6.75. The van der Waals surface area contributed by atoms with E-state index in [-0.39, 0.29) is 5.97 Å². The molecule has 18 heavy (non-hydrogen) atoms. The number of thiophene rings is 1. The molecule has 1 rings (SSSR count). The second kappa shape index (κ2) is 7.81. The van der Waals surface area contributed by atoms with E-state index in [0.29, 0.717) is 0 Å². The maximum atomic E-state index is 11.8. The summed E-state index contributed by atoms with van der Waals surface area (Å²) in [6.07, 6.45) is 1.78. The zero-order valence-corrected chi connectivity index (χ0v) is 12.8. The summed E-state index contributed by atoms with van der Waals surface area (Å²) in [4.78, 5) is 11.8. The maximum absolute atomic E-state index is 11.8. The van der Waals surface area contributed by atoms with E-state index in [4.69, 9.17) is 4.74 Å². The molecule has 3 nitrogen and oxygen atoms in total. The molecule has 0 saturated carbocycles. The van der Waals surface area contributed by atoms with Crippen molar-refractivity contribution in [2.24, 2.45) is 0 Å². The highest BCUT2D eigenvalue weighted by atomic mass is 32.2. The van der Waals surface area contributed by atoms with Crippen LogP contribution in [0.3, 0.4) is 0 Å². The van der Waals surface area contributed by atoms with Crippen molar-refractivity contribution < 1.29 is 9.53 Å². The van der Waals surface area contributed by atoms with Gasteiger partial charge >= 0.3 is 5.97 Å². The van der Waals surface area contributed by atoms with Gasteiger partial charge in [0.25, 0.3) is 0 Å². The number of thioether (sulfide) groups is 1. The van der Waals surface area contributed by atoms with Crippen LogP contribution in [0.5, 0.6) is 0 Å². The van der Waals surface area contributed by atoms with Crippen molar-refractivity contribution in [1.29, 1.82) is 0 Å². The molecule has 1 heterocycles. The van der Waals surface area contributed by atoms with E-state index in [1.165, 1.54) is 11.3 Å². The Hall–Kier alpha value is -0.520. The second-order valence-corrected chi connectivity index (χ2v) is 6.58. The quantitative estimate of drug-likeness (QED) is 0.453. The normalized spacial score (nSPS) is 14.2. The Morgan fingerprint density at radius 1 is 1.61 bits per heavy atom. The van der Waals surface area contributed by atoms with Crippen molar-refractivity contribution in [3.8, 4) is 0 Å². The summed E-state index contributed by atoms with van der Waals surface area (Å²) in [6, 6.07) is 4.18. The Bertz CT molecular complexity index is 354. The minimum atomic E-state index is -0.556. The van der Waals surface area contributed by atoms with E-state index in [2.05, 4.69) is 22.8 Å². The van der Waals surface area contributed by atoms with Gasteiger partial charge in [-0.15, -0.1) is 23.1 Å². The predicted octanol–water partition coefficient (Wildman–Crippen LogP) is 3.16. The first-order valence-corrected chi connectivity index (χ1v) is 7.98. The molecule has 1 unspecified atom stereocenters. The van der Waals surface area contributed by atoms with Gasteiger partial charge in [-0.2, -0.15) is 0 Å². The molecular weight excluding hydrogens is 266 g/mol. The molecule has 0 aromatic carbocycles. The summed E-state index contributed by atoms with van der Waals surface area (Å²) in [6.45, 7) is 4.68. The molecule has 0 saturated heterocycles. The topological polar surface area (TPSA) is 38.3 Å². The van der Waals surface area contributed by atoms with Gasteiger partial charge in [0.1, 0.15) is 5.54 Å². The van der Waals surface area contributed by atoms with Crippen molar-refractivity contribution in [1.82, 2.24) is 5.32 Å². The van der Waals surface area contributed by atoms with Gasteiger partial charge in [-0.05, 0) is 43.5 Å². The van der Waals surface area contributed by atoms with Crippen LogP contribution in [-0.2, 0) is 9.53 Å². The van der Waals surface area contributed by atoms with Gasteiger partial charge in [0, 0.05) is 0 Å². The number of esters is 1. The lowest BCUT2D eigenvalue weighted by Crippen LogP contribution is -2.50. The third-order valence-electron chi connectivity index (χ3n) is 2.76. The van der Waals surface area contributed by atoms with Crippen LogP contribution < -0.4 is 5.32 Å². The molecular formula is C13H21NO2S2. The highest BCUT2D eigenvalue weighted by Crippen LogP contribution is 2.25. The lowest BCUT2D eigenvalue weighted by molar-refractivity contribution is -0.148. The summed E-state index contributed by atoms with van der Waals surface area (Å²) < 4.78 is 6.20. The van der Waals surface area contributed by atoms with E-state index in [1.54, 1.807) is 11.3 Å². The second-order valence-electron chi connectivity index (χ2n) is 4.24. The van der Waals surface area contributed by atoms with Gasteiger partial charge < -0.3 is 10.1 Å². The van der Waals surface area contributed by atoms with Gasteiger partial charge in [-0.1, -0.05) is 13.0 Å². The van der Waals surface area contributed by atoms with Crippen LogP contribution in [-0.4, -0.2) is 30.9 Å². The van der Waals surface area contributed by atoms with Gasteiger partial charge in [0.15, 0.2) is 0 Å². The molecule has 0 aliphatic heterocycles. The molecule has 1 aromatic rings. The fourth-order valence-electron chi connectivity index (χ4n) is 1.82. The van der Waals surface area contributed by atoms with Crippen molar-refractivity contribution in [3.63, 3.8) is 0 Å². The summed E-state index contributed by atoms with van der Waals surface area (Å²) in [7, 11) is 1.44. The van der Waals surface area contributed by atoms with Gasteiger partial charge in [-0.25, -0.2) is 0 Å². The molecule has 5 heteroatoms. The fourth-order valence-corrected chi connectivity index (χ4v) is 3.62. The molecule has 1 atom stereocenters. The average Bonchev–Trinajstić information content (AvgIpc) is 2.87. The van der Waals surface area contributed by atoms with Crippen LogP contribution >= 0.6 is 23.1 Å². The molecule has 0 amide bonds. The highest BCUT2D eigenvalue weighted by Gasteiger charge is 2.32. The summed E-state index contributed by atoms with van der Waals surface area (Å²) in [5, 5.41) is 5.31. The standard InChI is InChI=1S/C13H21NO2S2/c1-4-14-13(2,12(15)16-3)8-6-10-18-11-7-5-9-17-11/h5,7,9,14H,4,6,8,10H2,1-3H3. The molecule has 0 fully saturated rings. The number of hydrogen-bond donors (Lipinski definition) is 1. The van der Waals surface area contributed by atoms with Crippen molar-refractivity contribution >= 4 is 29.1 Å². The van der Waals surface area contributed by atoms with Crippen LogP contribution in [0.2, 0.25) is 0 Å². The summed E-state index contributed by atoms with van der Waals surface area (Å²) in [5.74, 6) is 0.851. The SMILES string of the molecule is CCNC(C)(CCCSc1cccs1)C(=O)OC. The summed E-state index contributed by atoms with van der Waals surface area (Å²) >= 11 is 3.60. The van der Waals surface area contributed by atoms with E-state index in [0.717, 1.165) is 25.1 Å². The van der Waals surface area contributed by atoms with Crippen molar-refractivity contribution in [2.75, 3.05) is 19.4 Å². The molecule has 1 aromatic heterocycles. The molecule has 1 N–H and O–H groups in total. The molecule has 0 spiro atoms. The zero-order valence-electron chi connectivity index (χ0n) is 11.2. The first-order chi connectivity index (χ1) is 8.62. The van der Waals surface area contributed by atoms with E-state index in [1.807, 2.05) is 25.6 Å². The molecule has 102 valence electrons. The van der Waals surface area contributed by atoms with Crippen molar-refractivity contribution in [3.05, 3.63) is 17.5 Å². The minimum absolute atomic E-state index is 0.175. The Morgan fingerprint density at radius 3 is 2.94 bits per heavy atom. The Balaban J connectivity index is 2.35. The first kappa shape index (κ1) is 15.5. The molecule has 0 radical (unpaired) electrons. The van der Waals surface area contributed by atoms with Gasteiger partial charge in [0.05, 0.1) is 11.3 Å².